The normalized spacial score (nSPS) is 15.8. The van der Waals surface area contributed by atoms with Gasteiger partial charge in [-0.2, -0.15) is 4.31 Å². The van der Waals surface area contributed by atoms with Crippen molar-refractivity contribution >= 4 is 21.6 Å². The van der Waals surface area contributed by atoms with Gasteiger partial charge in [0, 0.05) is 51.5 Å². The zero-order valence-electron chi connectivity index (χ0n) is 16.0. The summed E-state index contributed by atoms with van der Waals surface area (Å²) >= 11 is 0. The van der Waals surface area contributed by atoms with Gasteiger partial charge in [0.25, 0.3) is 5.91 Å². The van der Waals surface area contributed by atoms with Crippen LogP contribution in [0, 0.1) is 13.8 Å². The number of carbonyl (C=O) groups excluding carboxylic acids is 1. The van der Waals surface area contributed by atoms with Crippen LogP contribution >= 0.6 is 0 Å². The molecule has 146 valence electrons. The van der Waals surface area contributed by atoms with Gasteiger partial charge in [0.15, 0.2) is 5.76 Å². The van der Waals surface area contributed by atoms with Gasteiger partial charge in [-0.3, -0.25) is 4.79 Å². The molecule has 27 heavy (non-hydrogen) atoms. The van der Waals surface area contributed by atoms with Crippen molar-refractivity contribution < 1.29 is 17.7 Å². The predicted octanol–water partition coefficient (Wildman–Crippen LogP) is 1.50. The molecule has 8 nitrogen and oxygen atoms in total. The van der Waals surface area contributed by atoms with Gasteiger partial charge in [-0.1, -0.05) is 5.16 Å². The summed E-state index contributed by atoms with van der Waals surface area (Å²) in [5.41, 5.74) is 1.97. The summed E-state index contributed by atoms with van der Waals surface area (Å²) in [5.74, 6) is 0.196. The predicted molar refractivity (Wildman–Crippen MR) is 101 cm³/mol. The topological polar surface area (TPSA) is 87.0 Å². The molecule has 0 atom stereocenters. The monoisotopic (exact) mass is 392 g/mol. The molecule has 0 bridgehead atoms. The van der Waals surface area contributed by atoms with Crippen molar-refractivity contribution in [2.45, 2.75) is 18.7 Å². The molecule has 1 saturated heterocycles. The SMILES string of the molecule is Cc1noc(C)c1S(=O)(=O)N1CCN(C(=O)c2ccc(N(C)C)cc2)CC1. The van der Waals surface area contributed by atoms with Crippen molar-refractivity contribution in [3.8, 4) is 0 Å². The number of aromatic nitrogens is 1. The molecule has 0 spiro atoms. The highest BCUT2D eigenvalue weighted by Crippen LogP contribution is 2.24. The van der Waals surface area contributed by atoms with Crippen molar-refractivity contribution in [2.24, 2.45) is 0 Å². The number of carbonyl (C=O) groups is 1. The number of hydrogen-bond donors (Lipinski definition) is 0. The van der Waals surface area contributed by atoms with E-state index >= 15 is 0 Å². The molecule has 2 heterocycles. The Kier molecular flexibility index (Phi) is 5.25. The third-order valence-electron chi connectivity index (χ3n) is 4.72. The third kappa shape index (κ3) is 3.70. The Hall–Kier alpha value is -2.39. The molecule has 9 heteroatoms. The van der Waals surface area contributed by atoms with E-state index in [1.807, 2.05) is 31.1 Å². The molecule has 2 aromatic rings. The fourth-order valence-corrected chi connectivity index (χ4v) is 4.90. The number of nitrogens with zero attached hydrogens (tertiary/aromatic N) is 4. The van der Waals surface area contributed by atoms with Crippen LogP contribution in [0.25, 0.3) is 0 Å². The standard InChI is InChI=1S/C18H24N4O4S/c1-13-17(14(2)26-19-13)27(24,25)22-11-9-21(10-12-22)18(23)15-5-7-16(8-6-15)20(3)4/h5-8H,9-12H2,1-4H3. The number of benzene rings is 1. The van der Waals surface area contributed by atoms with Crippen LogP contribution in [0.4, 0.5) is 5.69 Å². The fourth-order valence-electron chi connectivity index (χ4n) is 3.19. The largest absolute Gasteiger partial charge is 0.378 e. The van der Waals surface area contributed by atoms with Crippen molar-refractivity contribution in [1.82, 2.24) is 14.4 Å². The minimum Gasteiger partial charge on any atom is -0.378 e. The zero-order valence-corrected chi connectivity index (χ0v) is 16.8. The van der Waals surface area contributed by atoms with Crippen LogP contribution in [0.2, 0.25) is 0 Å². The summed E-state index contributed by atoms with van der Waals surface area (Å²) in [6.45, 7) is 4.38. The first kappa shape index (κ1) is 19.4. The van der Waals surface area contributed by atoms with Crippen LogP contribution in [0.15, 0.2) is 33.7 Å². The molecule has 0 aliphatic carbocycles. The highest BCUT2D eigenvalue weighted by atomic mass is 32.2. The van der Waals surface area contributed by atoms with Gasteiger partial charge in [0.2, 0.25) is 10.0 Å². The van der Waals surface area contributed by atoms with E-state index in [9.17, 15) is 13.2 Å². The first-order chi connectivity index (χ1) is 12.7. The minimum absolute atomic E-state index is 0.0882. The average molecular weight is 392 g/mol. The average Bonchev–Trinajstić information content (AvgIpc) is 3.00. The van der Waals surface area contributed by atoms with Gasteiger partial charge >= 0.3 is 0 Å². The molecule has 1 aliphatic heterocycles. The number of sulfonamides is 1. The number of aryl methyl sites for hydroxylation is 2. The van der Waals surface area contributed by atoms with Crippen LogP contribution in [-0.2, 0) is 10.0 Å². The summed E-state index contributed by atoms with van der Waals surface area (Å²) in [7, 11) is 0.205. The van der Waals surface area contributed by atoms with Gasteiger partial charge in [-0.05, 0) is 38.1 Å². The van der Waals surface area contributed by atoms with E-state index < -0.39 is 10.0 Å². The van der Waals surface area contributed by atoms with Gasteiger partial charge in [-0.25, -0.2) is 8.42 Å². The summed E-state index contributed by atoms with van der Waals surface area (Å²) in [6, 6.07) is 7.38. The molecule has 0 saturated carbocycles. The van der Waals surface area contributed by atoms with Crippen LogP contribution in [-0.4, -0.2) is 69.0 Å². The Morgan fingerprint density at radius 3 is 2.15 bits per heavy atom. The maximum atomic E-state index is 12.9. The Morgan fingerprint density at radius 1 is 1.07 bits per heavy atom. The lowest BCUT2D eigenvalue weighted by molar-refractivity contribution is 0.0698. The number of anilines is 1. The molecular weight excluding hydrogens is 368 g/mol. The molecular formula is C18H24N4O4S. The second kappa shape index (κ2) is 7.32. The smallest absolute Gasteiger partial charge is 0.253 e. The second-order valence-electron chi connectivity index (χ2n) is 6.79. The Morgan fingerprint density at radius 2 is 1.67 bits per heavy atom. The van der Waals surface area contributed by atoms with Crippen LogP contribution in [0.5, 0.6) is 0 Å². The van der Waals surface area contributed by atoms with E-state index in [4.69, 9.17) is 4.52 Å². The van der Waals surface area contributed by atoms with Gasteiger partial charge in [0.05, 0.1) is 0 Å². The lowest BCUT2D eigenvalue weighted by Gasteiger charge is -2.34. The molecule has 1 aliphatic rings. The minimum atomic E-state index is -3.68. The molecule has 0 N–H and O–H groups in total. The van der Waals surface area contributed by atoms with E-state index in [1.165, 1.54) is 4.31 Å². The van der Waals surface area contributed by atoms with Crippen molar-refractivity contribution in [3.05, 3.63) is 41.3 Å². The second-order valence-corrected chi connectivity index (χ2v) is 8.67. The van der Waals surface area contributed by atoms with Crippen molar-refractivity contribution in [1.29, 1.82) is 0 Å². The highest BCUT2D eigenvalue weighted by molar-refractivity contribution is 7.89. The Bertz CT molecular complexity index is 907. The molecule has 1 amide bonds. The van der Waals surface area contributed by atoms with Crippen LogP contribution in [0.3, 0.4) is 0 Å². The van der Waals surface area contributed by atoms with Crippen molar-refractivity contribution in [2.75, 3.05) is 45.2 Å². The van der Waals surface area contributed by atoms with Gasteiger partial charge in [-0.15, -0.1) is 0 Å². The molecule has 0 unspecified atom stereocenters. The number of hydrogen-bond acceptors (Lipinski definition) is 6. The van der Waals surface area contributed by atoms with Gasteiger partial charge < -0.3 is 14.3 Å². The van der Waals surface area contributed by atoms with E-state index in [1.54, 1.807) is 30.9 Å². The molecule has 1 fully saturated rings. The maximum Gasteiger partial charge on any atom is 0.253 e. The van der Waals surface area contributed by atoms with Crippen molar-refractivity contribution in [3.63, 3.8) is 0 Å². The molecule has 1 aromatic carbocycles. The lowest BCUT2D eigenvalue weighted by Crippen LogP contribution is -2.50. The molecule has 3 rings (SSSR count). The molecule has 1 aromatic heterocycles. The third-order valence-corrected chi connectivity index (χ3v) is 6.87. The summed E-state index contributed by atoms with van der Waals surface area (Å²) in [6.07, 6.45) is 0. The van der Waals surface area contributed by atoms with Gasteiger partial charge in [0.1, 0.15) is 10.6 Å². The highest BCUT2D eigenvalue weighted by Gasteiger charge is 2.34. The van der Waals surface area contributed by atoms with Crippen LogP contribution < -0.4 is 4.90 Å². The van der Waals surface area contributed by atoms with Crippen LogP contribution in [0.1, 0.15) is 21.8 Å². The maximum absolute atomic E-state index is 12.9. The Labute approximate surface area is 159 Å². The number of amides is 1. The first-order valence-corrected chi connectivity index (χ1v) is 10.2. The first-order valence-electron chi connectivity index (χ1n) is 8.71. The zero-order chi connectivity index (χ0) is 19.8. The van der Waals surface area contributed by atoms with E-state index in [-0.39, 0.29) is 29.7 Å². The number of piperazine rings is 1. The number of rotatable bonds is 4. The fraction of sp³-hybridized carbons (Fsp3) is 0.444. The van der Waals surface area contributed by atoms with E-state index in [0.29, 0.717) is 24.3 Å². The summed E-state index contributed by atoms with van der Waals surface area (Å²) in [5, 5.41) is 3.73. The van der Waals surface area contributed by atoms with E-state index in [2.05, 4.69) is 5.16 Å². The summed E-state index contributed by atoms with van der Waals surface area (Å²) < 4.78 is 32.1. The summed E-state index contributed by atoms with van der Waals surface area (Å²) in [4.78, 5) is 16.5. The lowest BCUT2D eigenvalue weighted by atomic mass is 10.1. The quantitative estimate of drug-likeness (QED) is 0.784. The molecule has 0 radical (unpaired) electrons. The Balaban J connectivity index is 1.69. The van der Waals surface area contributed by atoms with E-state index in [0.717, 1.165) is 5.69 Å².